The van der Waals surface area contributed by atoms with E-state index in [1.165, 1.54) is 13.0 Å². The first-order valence-corrected chi connectivity index (χ1v) is 6.48. The van der Waals surface area contributed by atoms with Gasteiger partial charge in [-0.05, 0) is 24.6 Å². The molecule has 0 radical (unpaired) electrons. The number of aliphatic carboxylic acids is 1. The molecule has 3 nitrogen and oxygen atoms in total. The number of hydrogen-bond acceptors (Lipinski definition) is 2. The maximum atomic E-state index is 13.7. The first-order chi connectivity index (χ1) is 10.0. The van der Waals surface area contributed by atoms with Crippen LogP contribution in [-0.4, -0.2) is 11.1 Å². The van der Waals surface area contributed by atoms with Crippen LogP contribution in [0.1, 0.15) is 30.1 Å². The second-order valence-corrected chi connectivity index (χ2v) is 4.71. The van der Waals surface area contributed by atoms with E-state index in [1.807, 2.05) is 0 Å². The molecule has 2 aromatic rings. The lowest BCUT2D eigenvalue weighted by Gasteiger charge is -2.21. The van der Waals surface area contributed by atoms with E-state index in [0.29, 0.717) is 5.56 Å². The second-order valence-electron chi connectivity index (χ2n) is 4.71. The number of carboxylic acids is 1. The minimum Gasteiger partial charge on any atom is -0.480 e. The van der Waals surface area contributed by atoms with E-state index in [-0.39, 0.29) is 5.56 Å². The predicted molar refractivity (Wildman–Crippen MR) is 74.7 cm³/mol. The molecular weight excluding hydrogens is 276 g/mol. The quantitative estimate of drug-likeness (QED) is 0.887. The van der Waals surface area contributed by atoms with Crippen LogP contribution in [0.3, 0.4) is 0 Å². The Balaban J connectivity index is 2.28. The average molecular weight is 291 g/mol. The summed E-state index contributed by atoms with van der Waals surface area (Å²) < 4.78 is 27.5. The van der Waals surface area contributed by atoms with Crippen LogP contribution in [0.5, 0.6) is 0 Å². The number of nitrogens with one attached hydrogen (secondary N) is 1. The number of carbonyl (C=O) groups is 1. The van der Waals surface area contributed by atoms with Crippen LogP contribution < -0.4 is 5.32 Å². The third-order valence-corrected chi connectivity index (χ3v) is 3.23. The minimum atomic E-state index is -1.11. The van der Waals surface area contributed by atoms with E-state index in [2.05, 4.69) is 5.32 Å². The van der Waals surface area contributed by atoms with Crippen molar-refractivity contribution in [2.75, 3.05) is 0 Å². The Kier molecular flexibility index (Phi) is 4.65. The molecule has 2 aromatic carbocycles. The summed E-state index contributed by atoms with van der Waals surface area (Å²) in [5.74, 6) is -2.51. The zero-order chi connectivity index (χ0) is 15.4. The lowest BCUT2D eigenvalue weighted by Crippen LogP contribution is -2.31. The highest BCUT2D eigenvalue weighted by atomic mass is 19.1. The molecule has 0 saturated carbocycles. The molecule has 0 spiro atoms. The maximum absolute atomic E-state index is 13.7. The number of halogens is 2. The molecule has 0 amide bonds. The van der Waals surface area contributed by atoms with Crippen molar-refractivity contribution in [3.8, 4) is 0 Å². The van der Waals surface area contributed by atoms with E-state index in [0.717, 1.165) is 12.1 Å². The topological polar surface area (TPSA) is 49.3 Å². The number of rotatable bonds is 5. The Morgan fingerprint density at radius 3 is 2.14 bits per heavy atom. The molecule has 2 rings (SSSR count). The smallest absolute Gasteiger partial charge is 0.325 e. The second kappa shape index (κ2) is 6.45. The van der Waals surface area contributed by atoms with Crippen LogP contribution in [0.4, 0.5) is 8.78 Å². The summed E-state index contributed by atoms with van der Waals surface area (Å²) in [5.41, 5.74) is 0.355. The Bertz CT molecular complexity index is 611. The molecular formula is C16H15F2NO2. The molecule has 0 aliphatic rings. The summed E-state index contributed by atoms with van der Waals surface area (Å²) in [6.07, 6.45) is 0. The van der Waals surface area contributed by atoms with Gasteiger partial charge < -0.3 is 5.11 Å². The van der Waals surface area contributed by atoms with Crippen molar-refractivity contribution < 1.29 is 18.7 Å². The zero-order valence-corrected chi connectivity index (χ0v) is 11.4. The van der Waals surface area contributed by atoms with Gasteiger partial charge in [0, 0.05) is 11.6 Å². The fourth-order valence-corrected chi connectivity index (χ4v) is 2.21. The van der Waals surface area contributed by atoms with Crippen LogP contribution in [0.2, 0.25) is 0 Å². The third-order valence-electron chi connectivity index (χ3n) is 3.23. The zero-order valence-electron chi connectivity index (χ0n) is 11.4. The van der Waals surface area contributed by atoms with Crippen molar-refractivity contribution in [2.24, 2.45) is 0 Å². The van der Waals surface area contributed by atoms with E-state index in [4.69, 9.17) is 0 Å². The monoisotopic (exact) mass is 291 g/mol. The molecule has 2 N–H and O–H groups in total. The number of hydrogen-bond donors (Lipinski definition) is 2. The summed E-state index contributed by atoms with van der Waals surface area (Å²) in [5, 5.41) is 12.1. The van der Waals surface area contributed by atoms with Crippen LogP contribution in [0.15, 0.2) is 48.5 Å². The summed E-state index contributed by atoms with van der Waals surface area (Å²) >= 11 is 0. The fourth-order valence-electron chi connectivity index (χ4n) is 2.21. The number of carboxylic acid groups (broad SMARTS) is 1. The largest absolute Gasteiger partial charge is 0.480 e. The van der Waals surface area contributed by atoms with E-state index in [9.17, 15) is 18.7 Å². The molecule has 0 aliphatic carbocycles. The average Bonchev–Trinajstić information content (AvgIpc) is 2.45. The van der Waals surface area contributed by atoms with Crippen molar-refractivity contribution in [1.29, 1.82) is 0 Å². The highest BCUT2D eigenvalue weighted by molar-refractivity contribution is 5.75. The van der Waals surface area contributed by atoms with Crippen molar-refractivity contribution in [3.05, 3.63) is 71.3 Å². The highest BCUT2D eigenvalue weighted by Crippen LogP contribution is 2.24. The molecule has 0 heterocycles. The van der Waals surface area contributed by atoms with Gasteiger partial charge in [0.15, 0.2) is 0 Å². The molecule has 2 atom stereocenters. The summed E-state index contributed by atoms with van der Waals surface area (Å²) in [6, 6.07) is 10.2. The van der Waals surface area contributed by atoms with Crippen molar-refractivity contribution in [3.63, 3.8) is 0 Å². The molecule has 0 saturated heterocycles. The molecule has 110 valence electrons. The van der Waals surface area contributed by atoms with Crippen molar-refractivity contribution >= 4 is 5.97 Å². The molecule has 0 aromatic heterocycles. The van der Waals surface area contributed by atoms with Gasteiger partial charge in [0.1, 0.15) is 17.7 Å². The predicted octanol–water partition coefficient (Wildman–Crippen LogP) is 3.44. The molecule has 0 bridgehead atoms. The number of benzene rings is 2. The standard InChI is InChI=1S/C16H15F2NO2/c1-10(14-12(17)8-5-9-13(14)18)19-15(16(20)21)11-6-3-2-4-7-11/h2-10,15,19H,1H3,(H,20,21). The van der Waals surface area contributed by atoms with Gasteiger partial charge in [0.05, 0.1) is 0 Å². The molecule has 0 aliphatic heterocycles. The Morgan fingerprint density at radius 2 is 1.62 bits per heavy atom. The van der Waals surface area contributed by atoms with Gasteiger partial charge in [-0.2, -0.15) is 0 Å². The molecule has 21 heavy (non-hydrogen) atoms. The Hall–Kier alpha value is -2.27. The van der Waals surface area contributed by atoms with Gasteiger partial charge in [0.2, 0.25) is 0 Å². The van der Waals surface area contributed by atoms with E-state index in [1.54, 1.807) is 30.3 Å². The first-order valence-electron chi connectivity index (χ1n) is 6.48. The van der Waals surface area contributed by atoms with Gasteiger partial charge in [-0.3, -0.25) is 10.1 Å². The van der Waals surface area contributed by atoms with Gasteiger partial charge in [-0.15, -0.1) is 0 Å². The fraction of sp³-hybridized carbons (Fsp3) is 0.188. The van der Waals surface area contributed by atoms with Crippen LogP contribution >= 0.6 is 0 Å². The van der Waals surface area contributed by atoms with Crippen LogP contribution in [-0.2, 0) is 4.79 Å². The summed E-state index contributed by atoms with van der Waals surface area (Å²) in [7, 11) is 0. The Morgan fingerprint density at radius 1 is 1.05 bits per heavy atom. The molecule has 0 fully saturated rings. The first kappa shape index (κ1) is 15.1. The third kappa shape index (κ3) is 3.44. The van der Waals surface area contributed by atoms with Gasteiger partial charge in [0.25, 0.3) is 0 Å². The van der Waals surface area contributed by atoms with Crippen molar-refractivity contribution in [1.82, 2.24) is 5.32 Å². The molecule has 2 unspecified atom stereocenters. The Labute approximate surface area is 121 Å². The van der Waals surface area contributed by atoms with Gasteiger partial charge >= 0.3 is 5.97 Å². The van der Waals surface area contributed by atoms with Gasteiger partial charge in [-0.25, -0.2) is 8.78 Å². The summed E-state index contributed by atoms with van der Waals surface area (Å²) in [4.78, 5) is 11.4. The minimum absolute atomic E-state index is 0.167. The van der Waals surface area contributed by atoms with E-state index < -0.39 is 29.7 Å². The molecule has 5 heteroatoms. The SMILES string of the molecule is CC(NC(C(=O)O)c1ccccc1)c1c(F)cccc1F. The van der Waals surface area contributed by atoms with E-state index >= 15 is 0 Å². The van der Waals surface area contributed by atoms with Crippen molar-refractivity contribution in [2.45, 2.75) is 19.0 Å². The van der Waals surface area contributed by atoms with Crippen LogP contribution in [0.25, 0.3) is 0 Å². The summed E-state index contributed by atoms with van der Waals surface area (Å²) in [6.45, 7) is 1.53. The lowest BCUT2D eigenvalue weighted by molar-refractivity contribution is -0.139. The lowest BCUT2D eigenvalue weighted by atomic mass is 10.0. The normalized spacial score (nSPS) is 13.7. The highest BCUT2D eigenvalue weighted by Gasteiger charge is 2.24. The maximum Gasteiger partial charge on any atom is 0.325 e. The van der Waals surface area contributed by atoms with Gasteiger partial charge in [-0.1, -0.05) is 36.4 Å². The van der Waals surface area contributed by atoms with Crippen LogP contribution in [0, 0.1) is 11.6 Å².